The molecule has 2 N–H and O–H groups in total. The van der Waals surface area contributed by atoms with Crippen LogP contribution in [0.1, 0.15) is 49.5 Å². The number of pyridine rings is 2. The number of amides is 1. The molecule has 1 saturated heterocycles. The van der Waals surface area contributed by atoms with Crippen molar-refractivity contribution in [3.05, 3.63) is 77.2 Å². The summed E-state index contributed by atoms with van der Waals surface area (Å²) in [6, 6.07) is 13.0. The number of anilines is 3. The summed E-state index contributed by atoms with van der Waals surface area (Å²) in [4.78, 5) is 36.0. The van der Waals surface area contributed by atoms with E-state index in [-0.39, 0.29) is 24.3 Å². The Labute approximate surface area is 222 Å². The summed E-state index contributed by atoms with van der Waals surface area (Å²) >= 11 is 5.97. The van der Waals surface area contributed by atoms with Gasteiger partial charge in [-0.25, -0.2) is 9.78 Å². The molecule has 3 aromatic rings. The standard InChI is InChI=1S/C28H32ClN5O3/c1-28(2,3)37-27(36)33-23-11-14-34(15-12-23)26-9-4-20(17-31-26)25(35)16-19-10-13-30-18-24(19)32-22-7-5-21(29)6-8-22/h4-10,13,17-18,23,32H,11-12,14-16H2,1-3H3,(H,33,36). The summed E-state index contributed by atoms with van der Waals surface area (Å²) in [7, 11) is 0. The molecule has 0 saturated carbocycles. The third kappa shape index (κ3) is 7.67. The molecule has 0 aliphatic carbocycles. The summed E-state index contributed by atoms with van der Waals surface area (Å²) in [5.74, 6) is 0.797. The number of ketones is 1. The van der Waals surface area contributed by atoms with Gasteiger partial charge in [-0.05, 0) is 81.6 Å². The minimum Gasteiger partial charge on any atom is -0.444 e. The van der Waals surface area contributed by atoms with Gasteiger partial charge >= 0.3 is 6.09 Å². The minimum atomic E-state index is -0.514. The smallest absolute Gasteiger partial charge is 0.407 e. The first-order chi connectivity index (χ1) is 17.7. The maximum Gasteiger partial charge on any atom is 0.407 e. The Morgan fingerprint density at radius 1 is 1.05 bits per heavy atom. The van der Waals surface area contributed by atoms with Gasteiger partial charge in [0.25, 0.3) is 0 Å². The van der Waals surface area contributed by atoms with Crippen LogP contribution in [-0.4, -0.2) is 46.6 Å². The Bertz CT molecular complexity index is 1220. The van der Waals surface area contributed by atoms with E-state index in [9.17, 15) is 9.59 Å². The normalized spacial score (nSPS) is 14.2. The predicted octanol–water partition coefficient (Wildman–Crippen LogP) is 5.79. The van der Waals surface area contributed by atoms with Crippen LogP contribution in [-0.2, 0) is 11.2 Å². The number of hydrogen-bond acceptors (Lipinski definition) is 7. The first kappa shape index (κ1) is 26.4. The number of aromatic nitrogens is 2. The van der Waals surface area contributed by atoms with Crippen LogP contribution in [0.5, 0.6) is 0 Å². The number of alkyl carbamates (subject to hydrolysis) is 1. The van der Waals surface area contributed by atoms with Crippen molar-refractivity contribution in [2.24, 2.45) is 0 Å². The topological polar surface area (TPSA) is 96.5 Å². The number of Topliss-reactive ketones (excluding diaryl/α,β-unsaturated/α-hetero) is 1. The Balaban J connectivity index is 1.32. The number of carbonyl (C=O) groups is 2. The largest absolute Gasteiger partial charge is 0.444 e. The molecule has 0 spiro atoms. The number of halogens is 1. The van der Waals surface area contributed by atoms with Crippen molar-refractivity contribution in [3.63, 3.8) is 0 Å². The molecule has 0 radical (unpaired) electrons. The number of ether oxygens (including phenoxy) is 1. The minimum absolute atomic E-state index is 0.0234. The van der Waals surface area contributed by atoms with Gasteiger partial charge in [0.2, 0.25) is 0 Å². The highest BCUT2D eigenvalue weighted by Gasteiger charge is 2.24. The second-order valence-corrected chi connectivity index (χ2v) is 10.5. The van der Waals surface area contributed by atoms with Gasteiger partial charge in [0, 0.05) is 54.2 Å². The summed E-state index contributed by atoms with van der Waals surface area (Å²) in [5.41, 5.74) is 2.52. The highest BCUT2D eigenvalue weighted by atomic mass is 35.5. The van der Waals surface area contributed by atoms with E-state index >= 15 is 0 Å². The Hall–Kier alpha value is -3.65. The van der Waals surface area contributed by atoms with Crippen molar-refractivity contribution >= 4 is 40.7 Å². The van der Waals surface area contributed by atoms with E-state index in [0.29, 0.717) is 10.6 Å². The zero-order valence-corrected chi connectivity index (χ0v) is 22.1. The van der Waals surface area contributed by atoms with Gasteiger partial charge in [-0.15, -0.1) is 0 Å². The molecule has 8 nitrogen and oxygen atoms in total. The average molecular weight is 522 g/mol. The van der Waals surface area contributed by atoms with Crippen LogP contribution >= 0.6 is 11.6 Å². The molecule has 4 rings (SSSR count). The molecule has 1 aliphatic heterocycles. The lowest BCUT2D eigenvalue weighted by Gasteiger charge is -2.33. The summed E-state index contributed by atoms with van der Waals surface area (Å²) in [5, 5.41) is 6.91. The quantitative estimate of drug-likeness (QED) is 0.380. The number of rotatable bonds is 7. The van der Waals surface area contributed by atoms with Crippen LogP contribution in [0.4, 0.5) is 22.0 Å². The Kier molecular flexibility index (Phi) is 8.28. The van der Waals surface area contributed by atoms with Crippen LogP contribution in [0.25, 0.3) is 0 Å². The number of piperidine rings is 1. The van der Waals surface area contributed by atoms with E-state index < -0.39 is 5.60 Å². The van der Waals surface area contributed by atoms with Crippen molar-refractivity contribution in [1.29, 1.82) is 0 Å². The molecule has 1 aliphatic rings. The van der Waals surface area contributed by atoms with Gasteiger partial charge in [0.1, 0.15) is 11.4 Å². The molecule has 1 fully saturated rings. The third-order valence-corrected chi connectivity index (χ3v) is 6.25. The number of benzene rings is 1. The molecular weight excluding hydrogens is 490 g/mol. The molecule has 194 valence electrons. The van der Waals surface area contributed by atoms with Gasteiger partial charge in [0.05, 0.1) is 11.9 Å². The molecule has 2 aromatic heterocycles. The van der Waals surface area contributed by atoms with Crippen molar-refractivity contribution in [3.8, 4) is 0 Å². The molecule has 1 aromatic carbocycles. The zero-order chi connectivity index (χ0) is 26.4. The van der Waals surface area contributed by atoms with Crippen LogP contribution in [0.15, 0.2) is 61.1 Å². The molecule has 9 heteroatoms. The molecule has 0 unspecified atom stereocenters. The van der Waals surface area contributed by atoms with E-state index in [1.54, 1.807) is 30.7 Å². The van der Waals surface area contributed by atoms with E-state index in [0.717, 1.165) is 48.7 Å². The summed E-state index contributed by atoms with van der Waals surface area (Å²) < 4.78 is 5.35. The molecule has 1 amide bonds. The van der Waals surface area contributed by atoms with Crippen molar-refractivity contribution in [2.45, 2.75) is 51.7 Å². The predicted molar refractivity (Wildman–Crippen MR) is 146 cm³/mol. The van der Waals surface area contributed by atoms with Crippen molar-refractivity contribution < 1.29 is 14.3 Å². The highest BCUT2D eigenvalue weighted by Crippen LogP contribution is 2.24. The molecule has 0 bridgehead atoms. The average Bonchev–Trinajstić information content (AvgIpc) is 2.86. The fraction of sp³-hybridized carbons (Fsp3) is 0.357. The second-order valence-electron chi connectivity index (χ2n) is 10.1. The van der Waals surface area contributed by atoms with Crippen LogP contribution in [0.3, 0.4) is 0 Å². The van der Waals surface area contributed by atoms with E-state index in [1.807, 2.05) is 51.1 Å². The van der Waals surface area contributed by atoms with Crippen molar-refractivity contribution in [2.75, 3.05) is 23.3 Å². The van der Waals surface area contributed by atoms with E-state index in [2.05, 4.69) is 25.5 Å². The Morgan fingerprint density at radius 3 is 2.43 bits per heavy atom. The molecule has 37 heavy (non-hydrogen) atoms. The monoisotopic (exact) mass is 521 g/mol. The molecular formula is C28H32ClN5O3. The van der Waals surface area contributed by atoms with Crippen LogP contribution in [0, 0.1) is 0 Å². The zero-order valence-electron chi connectivity index (χ0n) is 21.3. The second kappa shape index (κ2) is 11.6. The molecule has 0 atom stereocenters. The first-order valence-electron chi connectivity index (χ1n) is 12.4. The lowest BCUT2D eigenvalue weighted by Crippen LogP contribution is -2.46. The number of nitrogens with one attached hydrogen (secondary N) is 2. The van der Waals surface area contributed by atoms with Crippen LogP contribution < -0.4 is 15.5 Å². The lowest BCUT2D eigenvalue weighted by atomic mass is 10.0. The van der Waals surface area contributed by atoms with E-state index in [4.69, 9.17) is 16.3 Å². The molecule has 3 heterocycles. The SMILES string of the molecule is CC(C)(C)OC(=O)NC1CCN(c2ccc(C(=O)Cc3ccncc3Nc3ccc(Cl)cc3)cn2)CC1. The summed E-state index contributed by atoms with van der Waals surface area (Å²) in [6.45, 7) is 7.07. The van der Waals surface area contributed by atoms with Gasteiger partial charge in [-0.3, -0.25) is 9.78 Å². The lowest BCUT2D eigenvalue weighted by molar-refractivity contribution is 0.0497. The highest BCUT2D eigenvalue weighted by molar-refractivity contribution is 6.30. The first-order valence-corrected chi connectivity index (χ1v) is 12.7. The fourth-order valence-electron chi connectivity index (χ4n) is 4.12. The van der Waals surface area contributed by atoms with Gasteiger partial charge in [-0.1, -0.05) is 11.6 Å². The van der Waals surface area contributed by atoms with E-state index in [1.165, 1.54) is 0 Å². The van der Waals surface area contributed by atoms with Gasteiger partial charge < -0.3 is 20.3 Å². The maximum atomic E-state index is 13.0. The van der Waals surface area contributed by atoms with Gasteiger partial charge in [-0.2, -0.15) is 0 Å². The number of hydrogen-bond donors (Lipinski definition) is 2. The Morgan fingerprint density at radius 2 is 1.78 bits per heavy atom. The van der Waals surface area contributed by atoms with Gasteiger partial charge in [0.15, 0.2) is 5.78 Å². The number of carbonyl (C=O) groups excluding carboxylic acids is 2. The fourth-order valence-corrected chi connectivity index (χ4v) is 4.24. The van der Waals surface area contributed by atoms with Crippen LogP contribution in [0.2, 0.25) is 5.02 Å². The summed E-state index contributed by atoms with van der Waals surface area (Å²) in [6.07, 6.45) is 6.46. The third-order valence-electron chi connectivity index (χ3n) is 6.00. The van der Waals surface area contributed by atoms with Crippen molar-refractivity contribution in [1.82, 2.24) is 15.3 Å². The number of nitrogens with zero attached hydrogens (tertiary/aromatic N) is 3. The maximum absolute atomic E-state index is 13.0.